The summed E-state index contributed by atoms with van der Waals surface area (Å²) in [6.45, 7) is -1.24. The number of carbonyl (C=O) groups is 1. The number of alkyl halides is 3. The molecule has 0 aromatic rings. The van der Waals surface area contributed by atoms with E-state index in [1.807, 2.05) is 0 Å². The first kappa shape index (κ1) is 12.5. The molecular formula is C4H5ClF3NO3S. The van der Waals surface area contributed by atoms with E-state index in [-0.39, 0.29) is 0 Å². The zero-order valence-corrected chi connectivity index (χ0v) is 7.87. The second-order valence-corrected chi connectivity index (χ2v) is 4.52. The number of rotatable bonds is 2. The SMILES string of the molecule is CC(=O)N(CC(F)(F)F)S(=O)(=O)Cl. The minimum absolute atomic E-state index is 0.464. The van der Waals surface area contributed by atoms with Gasteiger partial charge in [0.05, 0.1) is 0 Å². The van der Waals surface area contributed by atoms with Crippen LogP contribution >= 0.6 is 10.7 Å². The zero-order chi connectivity index (χ0) is 10.9. The maximum atomic E-state index is 11.7. The van der Waals surface area contributed by atoms with Crippen LogP contribution in [0.1, 0.15) is 6.92 Å². The first-order valence-electron chi connectivity index (χ1n) is 2.83. The van der Waals surface area contributed by atoms with Gasteiger partial charge < -0.3 is 0 Å². The Morgan fingerprint density at radius 2 is 1.85 bits per heavy atom. The highest BCUT2D eigenvalue weighted by Crippen LogP contribution is 2.19. The Labute approximate surface area is 76.8 Å². The van der Waals surface area contributed by atoms with Crippen LogP contribution in [0.25, 0.3) is 0 Å². The van der Waals surface area contributed by atoms with Gasteiger partial charge in [0.25, 0.3) is 0 Å². The summed E-state index contributed by atoms with van der Waals surface area (Å²) in [5.41, 5.74) is 0. The lowest BCUT2D eigenvalue weighted by atomic mass is 10.6. The molecule has 0 rings (SSSR count). The fourth-order valence-corrected chi connectivity index (χ4v) is 1.55. The molecule has 0 saturated carbocycles. The molecule has 1 amide bonds. The fraction of sp³-hybridized carbons (Fsp3) is 0.750. The molecule has 9 heteroatoms. The van der Waals surface area contributed by atoms with Crippen LogP contribution in [0.5, 0.6) is 0 Å². The molecule has 13 heavy (non-hydrogen) atoms. The lowest BCUT2D eigenvalue weighted by molar-refractivity contribution is -0.149. The number of amides is 1. The van der Waals surface area contributed by atoms with E-state index >= 15 is 0 Å². The smallest absolute Gasteiger partial charge is 0.274 e. The number of nitrogens with zero attached hydrogens (tertiary/aromatic N) is 1. The van der Waals surface area contributed by atoms with E-state index in [0.29, 0.717) is 6.92 Å². The van der Waals surface area contributed by atoms with Gasteiger partial charge in [-0.1, -0.05) is 0 Å². The van der Waals surface area contributed by atoms with E-state index in [1.54, 1.807) is 0 Å². The van der Waals surface area contributed by atoms with Crippen LogP contribution in [-0.2, 0) is 14.0 Å². The van der Waals surface area contributed by atoms with E-state index in [0.717, 1.165) is 0 Å². The highest BCUT2D eigenvalue weighted by atomic mass is 35.7. The molecular weight excluding hydrogens is 235 g/mol. The maximum absolute atomic E-state index is 11.7. The Bertz CT molecular complexity index is 298. The average molecular weight is 240 g/mol. The van der Waals surface area contributed by atoms with Crippen molar-refractivity contribution in [3.63, 3.8) is 0 Å². The molecule has 0 aromatic carbocycles. The van der Waals surface area contributed by atoms with Gasteiger partial charge in [-0.2, -0.15) is 21.6 Å². The monoisotopic (exact) mass is 239 g/mol. The van der Waals surface area contributed by atoms with Gasteiger partial charge in [0, 0.05) is 17.6 Å². The van der Waals surface area contributed by atoms with Gasteiger partial charge in [0.1, 0.15) is 6.54 Å². The Kier molecular flexibility index (Phi) is 3.56. The van der Waals surface area contributed by atoms with Crippen molar-refractivity contribution in [1.29, 1.82) is 0 Å². The molecule has 0 aliphatic rings. The summed E-state index contributed by atoms with van der Waals surface area (Å²) in [7, 11) is -0.0838. The topological polar surface area (TPSA) is 54.5 Å². The van der Waals surface area contributed by atoms with Crippen molar-refractivity contribution in [2.45, 2.75) is 13.1 Å². The van der Waals surface area contributed by atoms with Gasteiger partial charge in [-0.15, -0.1) is 0 Å². The molecule has 0 fully saturated rings. The molecule has 0 heterocycles. The molecule has 0 aliphatic carbocycles. The number of carbonyl (C=O) groups excluding carboxylic acids is 1. The summed E-state index contributed by atoms with van der Waals surface area (Å²) < 4.78 is 55.4. The van der Waals surface area contributed by atoms with E-state index in [1.165, 1.54) is 0 Å². The normalized spacial score (nSPS) is 12.7. The number of hydrogen-bond acceptors (Lipinski definition) is 3. The summed E-state index contributed by atoms with van der Waals surface area (Å²) in [6, 6.07) is 0. The summed E-state index contributed by atoms with van der Waals surface area (Å²) in [5.74, 6) is -1.28. The van der Waals surface area contributed by atoms with Crippen LogP contribution in [0.15, 0.2) is 0 Å². The maximum Gasteiger partial charge on any atom is 0.407 e. The van der Waals surface area contributed by atoms with Crippen LogP contribution < -0.4 is 0 Å². The van der Waals surface area contributed by atoms with Crippen molar-refractivity contribution in [3.8, 4) is 0 Å². The second kappa shape index (κ2) is 3.70. The molecule has 78 valence electrons. The average Bonchev–Trinajstić information content (AvgIpc) is 1.77. The second-order valence-electron chi connectivity index (χ2n) is 2.08. The van der Waals surface area contributed by atoms with E-state index < -0.39 is 32.2 Å². The number of hydrogen-bond donors (Lipinski definition) is 0. The Hall–Kier alpha value is -0.500. The number of halogens is 4. The predicted molar refractivity (Wildman–Crippen MR) is 38.2 cm³/mol. The van der Waals surface area contributed by atoms with Crippen LogP contribution in [-0.4, -0.2) is 31.4 Å². The lowest BCUT2D eigenvalue weighted by Gasteiger charge is -2.17. The highest BCUT2D eigenvalue weighted by Gasteiger charge is 2.37. The van der Waals surface area contributed by atoms with Crippen molar-refractivity contribution in [1.82, 2.24) is 4.31 Å². The summed E-state index contributed by atoms with van der Waals surface area (Å²) >= 11 is 0. The van der Waals surface area contributed by atoms with Crippen LogP contribution in [0.4, 0.5) is 13.2 Å². The molecule has 0 saturated heterocycles. The van der Waals surface area contributed by atoms with Crippen LogP contribution in [0.2, 0.25) is 0 Å². The molecule has 0 aromatic heterocycles. The summed E-state index contributed by atoms with van der Waals surface area (Å²) in [6.07, 6.45) is -4.80. The van der Waals surface area contributed by atoms with Gasteiger partial charge in [0.15, 0.2) is 0 Å². The third-order valence-corrected chi connectivity index (χ3v) is 2.35. The van der Waals surface area contributed by atoms with E-state index in [9.17, 15) is 26.4 Å². The Balaban J connectivity index is 4.78. The van der Waals surface area contributed by atoms with Gasteiger partial charge in [-0.05, 0) is 0 Å². The highest BCUT2D eigenvalue weighted by molar-refractivity contribution is 8.12. The Morgan fingerprint density at radius 1 is 1.46 bits per heavy atom. The van der Waals surface area contributed by atoms with Crippen molar-refractivity contribution in [3.05, 3.63) is 0 Å². The van der Waals surface area contributed by atoms with Crippen LogP contribution in [0, 0.1) is 0 Å². The molecule has 0 aliphatic heterocycles. The van der Waals surface area contributed by atoms with Gasteiger partial charge in [-0.25, -0.2) is 4.31 Å². The molecule has 0 bridgehead atoms. The first-order valence-corrected chi connectivity index (χ1v) is 5.10. The first-order chi connectivity index (χ1) is 5.54. The minimum atomic E-state index is -4.80. The van der Waals surface area contributed by atoms with E-state index in [4.69, 9.17) is 0 Å². The predicted octanol–water partition coefficient (Wildman–Crippen LogP) is 0.881. The van der Waals surface area contributed by atoms with Gasteiger partial charge in [-0.3, -0.25) is 4.79 Å². The summed E-state index contributed by atoms with van der Waals surface area (Å²) in [5, 5.41) is 0. The van der Waals surface area contributed by atoms with Gasteiger partial charge in [0.2, 0.25) is 5.91 Å². The molecule has 0 N–H and O–H groups in total. The van der Waals surface area contributed by atoms with Crippen molar-refractivity contribution in [2.24, 2.45) is 0 Å². The molecule has 0 radical (unpaired) electrons. The van der Waals surface area contributed by atoms with Gasteiger partial charge >= 0.3 is 15.4 Å². The lowest BCUT2D eigenvalue weighted by Crippen LogP contribution is -2.39. The molecule has 4 nitrogen and oxygen atoms in total. The minimum Gasteiger partial charge on any atom is -0.274 e. The zero-order valence-electron chi connectivity index (χ0n) is 6.30. The summed E-state index contributed by atoms with van der Waals surface area (Å²) in [4.78, 5) is 10.4. The third-order valence-electron chi connectivity index (χ3n) is 0.937. The van der Waals surface area contributed by atoms with E-state index in [2.05, 4.69) is 10.7 Å². The molecule has 0 spiro atoms. The standard InChI is InChI=1S/C4H5ClF3NO3S/c1-3(10)9(13(5,11)12)2-4(6,7)8/h2H2,1H3. The molecule has 0 unspecified atom stereocenters. The third kappa shape index (κ3) is 4.94. The quantitative estimate of drug-likeness (QED) is 0.672. The van der Waals surface area contributed by atoms with Crippen molar-refractivity contribution in [2.75, 3.05) is 6.54 Å². The van der Waals surface area contributed by atoms with Crippen molar-refractivity contribution >= 4 is 25.8 Å². The molecule has 0 atom stereocenters. The largest absolute Gasteiger partial charge is 0.407 e. The van der Waals surface area contributed by atoms with Crippen LogP contribution in [0.3, 0.4) is 0 Å². The Morgan fingerprint density at radius 3 is 1.92 bits per heavy atom. The fourth-order valence-electron chi connectivity index (χ4n) is 0.505. The van der Waals surface area contributed by atoms with Crippen molar-refractivity contribution < 1.29 is 26.4 Å².